The van der Waals surface area contributed by atoms with Gasteiger partial charge in [-0.15, -0.1) is 0 Å². The largest absolute Gasteiger partial charge is 0.409 e. The Morgan fingerprint density at radius 2 is 2.20 bits per heavy atom. The van der Waals surface area contributed by atoms with Crippen molar-refractivity contribution in [2.24, 2.45) is 16.6 Å². The number of rotatable bonds is 8. The summed E-state index contributed by atoms with van der Waals surface area (Å²) in [5.41, 5.74) is 10.7. The van der Waals surface area contributed by atoms with Gasteiger partial charge >= 0.3 is 0 Å². The first kappa shape index (κ1) is 15.9. The van der Waals surface area contributed by atoms with Crippen LogP contribution in [0.5, 0.6) is 0 Å². The molecule has 0 heterocycles. The van der Waals surface area contributed by atoms with E-state index in [1.807, 2.05) is 0 Å². The van der Waals surface area contributed by atoms with Gasteiger partial charge in [-0.2, -0.15) is 0 Å². The second-order valence-corrected chi connectivity index (χ2v) is 3.96. The van der Waals surface area contributed by atoms with E-state index in [-0.39, 0.29) is 31.2 Å². The lowest BCUT2D eigenvalue weighted by Crippen LogP contribution is -2.24. The number of amides is 1. The van der Waals surface area contributed by atoms with E-state index in [1.54, 1.807) is 12.1 Å². The Balaban J connectivity index is 2.47. The topological polar surface area (TPSA) is 123 Å². The number of benzene rings is 1. The Morgan fingerprint density at radius 1 is 1.45 bits per heavy atom. The molecule has 0 spiro atoms. The van der Waals surface area contributed by atoms with E-state index in [2.05, 4.69) is 10.5 Å². The molecule has 0 aromatic heterocycles. The number of amidine groups is 1. The second-order valence-electron chi connectivity index (χ2n) is 3.96. The second kappa shape index (κ2) is 8.08. The molecule has 8 heteroatoms. The number of primary amides is 1. The summed E-state index contributed by atoms with van der Waals surface area (Å²) >= 11 is 0. The Kier molecular flexibility index (Phi) is 6.41. The Bertz CT molecular complexity index is 494. The summed E-state index contributed by atoms with van der Waals surface area (Å²) in [6, 6.07) is 4.61. The number of halogens is 1. The van der Waals surface area contributed by atoms with Gasteiger partial charge in [0, 0.05) is 18.7 Å². The van der Waals surface area contributed by atoms with Gasteiger partial charge in [-0.25, -0.2) is 4.39 Å². The average Bonchev–Trinajstić information content (AvgIpc) is 2.43. The van der Waals surface area contributed by atoms with E-state index >= 15 is 0 Å². The highest BCUT2D eigenvalue weighted by Crippen LogP contribution is 2.12. The number of carbonyl (C=O) groups excluding carboxylic acids is 1. The van der Waals surface area contributed by atoms with Crippen molar-refractivity contribution in [1.29, 1.82) is 0 Å². The number of hydrogen-bond donors (Lipinski definition) is 4. The van der Waals surface area contributed by atoms with Gasteiger partial charge in [0.05, 0.1) is 12.2 Å². The maximum Gasteiger partial charge on any atom is 0.243 e. The lowest BCUT2D eigenvalue weighted by atomic mass is 10.1. The number of ether oxygens (including phenoxy) is 1. The van der Waals surface area contributed by atoms with Crippen LogP contribution in [0.4, 0.5) is 4.39 Å². The smallest absolute Gasteiger partial charge is 0.243 e. The van der Waals surface area contributed by atoms with Gasteiger partial charge in [0.1, 0.15) is 12.4 Å². The van der Waals surface area contributed by atoms with Gasteiger partial charge in [0.25, 0.3) is 0 Å². The summed E-state index contributed by atoms with van der Waals surface area (Å²) in [5, 5.41) is 14.3. The molecule has 0 saturated carbocycles. The Morgan fingerprint density at radius 3 is 2.85 bits per heavy atom. The summed E-state index contributed by atoms with van der Waals surface area (Å²) in [6.07, 6.45) is 0. The predicted octanol–water partition coefficient (Wildman–Crippen LogP) is -0.488. The summed E-state index contributed by atoms with van der Waals surface area (Å²) in [4.78, 5) is 10.4. The number of nitrogens with two attached hydrogens (primary N) is 2. The van der Waals surface area contributed by atoms with Gasteiger partial charge in [-0.3, -0.25) is 4.79 Å². The molecule has 20 heavy (non-hydrogen) atoms. The number of carbonyl (C=O) groups is 1. The first-order chi connectivity index (χ1) is 9.56. The highest BCUT2D eigenvalue weighted by molar-refractivity contribution is 5.97. The van der Waals surface area contributed by atoms with Crippen LogP contribution >= 0.6 is 0 Å². The first-order valence-corrected chi connectivity index (χ1v) is 5.88. The van der Waals surface area contributed by atoms with Gasteiger partial charge in [0.15, 0.2) is 5.84 Å². The lowest BCUT2D eigenvalue weighted by molar-refractivity contribution is -0.122. The van der Waals surface area contributed by atoms with Crippen molar-refractivity contribution in [3.8, 4) is 0 Å². The third kappa shape index (κ3) is 4.82. The molecule has 1 rings (SSSR count). The van der Waals surface area contributed by atoms with Crippen molar-refractivity contribution in [1.82, 2.24) is 5.32 Å². The molecule has 0 atom stereocenters. The number of nitrogens with zero attached hydrogens (tertiary/aromatic N) is 1. The Labute approximate surface area is 115 Å². The van der Waals surface area contributed by atoms with Crippen LogP contribution in [0.15, 0.2) is 23.4 Å². The van der Waals surface area contributed by atoms with Crippen LogP contribution < -0.4 is 16.8 Å². The highest BCUT2D eigenvalue weighted by Gasteiger charge is 2.10. The molecule has 110 valence electrons. The molecule has 0 radical (unpaired) electrons. The van der Waals surface area contributed by atoms with Crippen LogP contribution in [-0.4, -0.2) is 36.7 Å². The van der Waals surface area contributed by atoms with Gasteiger partial charge in [-0.1, -0.05) is 17.3 Å². The molecule has 1 aromatic rings. The molecule has 0 aliphatic carbocycles. The van der Waals surface area contributed by atoms with Crippen LogP contribution in [0.2, 0.25) is 0 Å². The standard InChI is InChI=1S/C12H17FN4O3/c13-11-8(2-1-3-9(11)12(15)17-19)6-16-4-5-20-7-10(14)18/h1-3,16,19H,4-7H2,(H2,14,18)(H2,15,17). The summed E-state index contributed by atoms with van der Waals surface area (Å²) in [7, 11) is 0. The Hall–Kier alpha value is -2.19. The van der Waals surface area contributed by atoms with Gasteiger partial charge in [0.2, 0.25) is 5.91 Å². The SMILES string of the molecule is NC(=O)COCCNCc1cccc(/C(N)=N/O)c1F. The fraction of sp³-hybridized carbons (Fsp3) is 0.333. The minimum absolute atomic E-state index is 0.0387. The first-order valence-electron chi connectivity index (χ1n) is 5.88. The van der Waals surface area contributed by atoms with Crippen molar-refractivity contribution in [3.05, 3.63) is 35.1 Å². The van der Waals surface area contributed by atoms with E-state index < -0.39 is 11.7 Å². The molecular formula is C12H17FN4O3. The molecule has 0 bridgehead atoms. The zero-order chi connectivity index (χ0) is 15.0. The van der Waals surface area contributed by atoms with Crippen LogP contribution in [-0.2, 0) is 16.1 Å². The van der Waals surface area contributed by atoms with E-state index in [0.29, 0.717) is 12.1 Å². The van der Waals surface area contributed by atoms with Crippen LogP contribution in [0.1, 0.15) is 11.1 Å². The zero-order valence-corrected chi connectivity index (χ0v) is 10.8. The van der Waals surface area contributed by atoms with Crippen molar-refractivity contribution in [3.63, 3.8) is 0 Å². The van der Waals surface area contributed by atoms with Gasteiger partial charge in [-0.05, 0) is 6.07 Å². The minimum atomic E-state index is -0.548. The summed E-state index contributed by atoms with van der Waals surface area (Å²) in [6.45, 7) is 0.818. The van der Waals surface area contributed by atoms with Gasteiger partial charge < -0.3 is 26.7 Å². The van der Waals surface area contributed by atoms with E-state index in [0.717, 1.165) is 0 Å². The van der Waals surface area contributed by atoms with E-state index in [4.69, 9.17) is 21.4 Å². The quantitative estimate of drug-likeness (QED) is 0.169. The van der Waals surface area contributed by atoms with Crippen molar-refractivity contribution < 1.29 is 19.1 Å². The molecule has 0 fully saturated rings. The third-order valence-corrected chi connectivity index (χ3v) is 2.45. The zero-order valence-electron chi connectivity index (χ0n) is 10.8. The van der Waals surface area contributed by atoms with Crippen molar-refractivity contribution in [2.75, 3.05) is 19.8 Å². The van der Waals surface area contributed by atoms with E-state index in [9.17, 15) is 9.18 Å². The third-order valence-electron chi connectivity index (χ3n) is 2.45. The summed E-state index contributed by atoms with van der Waals surface area (Å²) < 4.78 is 18.9. The maximum absolute atomic E-state index is 14.0. The molecule has 0 unspecified atom stereocenters. The fourth-order valence-corrected chi connectivity index (χ4v) is 1.51. The van der Waals surface area contributed by atoms with Crippen LogP contribution in [0.3, 0.4) is 0 Å². The molecule has 0 aliphatic rings. The molecular weight excluding hydrogens is 267 g/mol. The monoisotopic (exact) mass is 284 g/mol. The van der Waals surface area contributed by atoms with E-state index in [1.165, 1.54) is 6.07 Å². The molecule has 0 saturated heterocycles. The highest BCUT2D eigenvalue weighted by atomic mass is 19.1. The number of nitrogens with one attached hydrogen (secondary N) is 1. The fourth-order valence-electron chi connectivity index (χ4n) is 1.51. The summed E-state index contributed by atoms with van der Waals surface area (Å²) in [5.74, 6) is -1.37. The molecule has 1 aromatic carbocycles. The molecule has 7 nitrogen and oxygen atoms in total. The lowest BCUT2D eigenvalue weighted by Gasteiger charge is -2.09. The maximum atomic E-state index is 14.0. The molecule has 0 aliphatic heterocycles. The molecule has 6 N–H and O–H groups in total. The normalized spacial score (nSPS) is 11.6. The van der Waals surface area contributed by atoms with Crippen LogP contribution in [0.25, 0.3) is 0 Å². The average molecular weight is 284 g/mol. The minimum Gasteiger partial charge on any atom is -0.409 e. The predicted molar refractivity (Wildman–Crippen MR) is 70.6 cm³/mol. The number of hydrogen-bond acceptors (Lipinski definition) is 5. The number of oxime groups is 1. The van der Waals surface area contributed by atoms with Crippen molar-refractivity contribution in [2.45, 2.75) is 6.54 Å². The van der Waals surface area contributed by atoms with Crippen molar-refractivity contribution >= 4 is 11.7 Å². The van der Waals surface area contributed by atoms with Crippen LogP contribution in [0, 0.1) is 5.82 Å². The molecule has 1 amide bonds.